The van der Waals surface area contributed by atoms with Crippen LogP contribution in [0.2, 0.25) is 0 Å². The Kier molecular flexibility index (Phi) is 5.84. The number of carbonyl (C=O) groups is 3. The molecule has 160 valence electrons. The van der Waals surface area contributed by atoms with Crippen molar-refractivity contribution in [1.82, 2.24) is 15.5 Å². The molecule has 1 aliphatic heterocycles. The molecule has 0 bridgehead atoms. The lowest BCUT2D eigenvalue weighted by Gasteiger charge is -2.40. The summed E-state index contributed by atoms with van der Waals surface area (Å²) in [6.07, 6.45) is 2.71. The zero-order chi connectivity index (χ0) is 22.1. The van der Waals surface area contributed by atoms with Crippen LogP contribution in [0.25, 0.3) is 0 Å². The molecule has 1 saturated heterocycles. The van der Waals surface area contributed by atoms with Crippen LogP contribution in [0.3, 0.4) is 0 Å². The SMILES string of the molecule is CC(C)(C)C1CCC2(CC1)NC(=O)N(CC(=O)NC(C#N)c1ccccc1F)C2=O. The summed E-state index contributed by atoms with van der Waals surface area (Å²) in [7, 11) is 0. The minimum absolute atomic E-state index is 0.0301. The number of hydrogen-bond acceptors (Lipinski definition) is 4. The fourth-order valence-corrected chi connectivity index (χ4v) is 4.37. The van der Waals surface area contributed by atoms with Gasteiger partial charge in [0, 0.05) is 5.56 Å². The number of carbonyl (C=O) groups excluding carboxylic acids is 3. The van der Waals surface area contributed by atoms with Crippen LogP contribution >= 0.6 is 0 Å². The Balaban J connectivity index is 1.65. The van der Waals surface area contributed by atoms with Crippen LogP contribution < -0.4 is 10.6 Å². The lowest BCUT2D eigenvalue weighted by atomic mass is 9.67. The molecule has 0 aromatic heterocycles. The van der Waals surface area contributed by atoms with E-state index in [9.17, 15) is 24.0 Å². The highest BCUT2D eigenvalue weighted by molar-refractivity contribution is 6.09. The Morgan fingerprint density at radius 1 is 1.33 bits per heavy atom. The molecule has 8 heteroatoms. The summed E-state index contributed by atoms with van der Waals surface area (Å²) in [5.74, 6) is -1.26. The number of halogens is 1. The first-order chi connectivity index (χ1) is 14.1. The highest BCUT2D eigenvalue weighted by Gasteiger charge is 2.53. The smallest absolute Gasteiger partial charge is 0.325 e. The predicted octanol–water partition coefficient (Wildman–Crippen LogP) is 3.03. The summed E-state index contributed by atoms with van der Waals surface area (Å²) in [6.45, 7) is 6.00. The van der Waals surface area contributed by atoms with Crippen LogP contribution in [0, 0.1) is 28.5 Å². The van der Waals surface area contributed by atoms with Gasteiger partial charge in [-0.3, -0.25) is 14.5 Å². The van der Waals surface area contributed by atoms with Gasteiger partial charge in [-0.25, -0.2) is 9.18 Å². The van der Waals surface area contributed by atoms with Crippen molar-refractivity contribution >= 4 is 17.8 Å². The van der Waals surface area contributed by atoms with Gasteiger partial charge in [0.1, 0.15) is 23.9 Å². The van der Waals surface area contributed by atoms with Crippen molar-refractivity contribution in [3.63, 3.8) is 0 Å². The highest BCUT2D eigenvalue weighted by Crippen LogP contribution is 2.43. The fourth-order valence-electron chi connectivity index (χ4n) is 4.37. The van der Waals surface area contributed by atoms with Crippen molar-refractivity contribution in [2.75, 3.05) is 6.54 Å². The van der Waals surface area contributed by atoms with E-state index in [0.717, 1.165) is 17.7 Å². The minimum atomic E-state index is -1.21. The van der Waals surface area contributed by atoms with E-state index in [0.29, 0.717) is 18.8 Å². The van der Waals surface area contributed by atoms with E-state index in [4.69, 9.17) is 0 Å². The number of rotatable bonds is 4. The zero-order valence-electron chi connectivity index (χ0n) is 17.5. The highest BCUT2D eigenvalue weighted by atomic mass is 19.1. The van der Waals surface area contributed by atoms with Crippen LogP contribution in [-0.2, 0) is 9.59 Å². The van der Waals surface area contributed by atoms with Crippen molar-refractivity contribution in [2.45, 2.75) is 58.0 Å². The fraction of sp³-hybridized carbons (Fsp3) is 0.545. The Labute approximate surface area is 175 Å². The number of amides is 4. The van der Waals surface area contributed by atoms with E-state index in [1.54, 1.807) is 6.07 Å². The van der Waals surface area contributed by atoms with Crippen LogP contribution in [0.1, 0.15) is 58.1 Å². The lowest BCUT2D eigenvalue weighted by molar-refractivity contribution is -0.136. The first-order valence-electron chi connectivity index (χ1n) is 10.1. The maximum Gasteiger partial charge on any atom is 0.325 e. The molecule has 2 N–H and O–H groups in total. The maximum atomic E-state index is 13.9. The summed E-state index contributed by atoms with van der Waals surface area (Å²) in [6, 6.07) is 5.66. The van der Waals surface area contributed by atoms with E-state index >= 15 is 0 Å². The normalized spacial score (nSPS) is 25.0. The number of hydrogen-bond donors (Lipinski definition) is 2. The monoisotopic (exact) mass is 414 g/mol. The van der Waals surface area contributed by atoms with E-state index in [1.165, 1.54) is 18.2 Å². The second-order valence-corrected chi connectivity index (χ2v) is 9.19. The molecule has 1 aromatic carbocycles. The second kappa shape index (κ2) is 8.05. The quantitative estimate of drug-likeness (QED) is 0.739. The Morgan fingerprint density at radius 3 is 2.53 bits per heavy atom. The molecule has 1 unspecified atom stereocenters. The van der Waals surface area contributed by atoms with Gasteiger partial charge in [-0.2, -0.15) is 5.26 Å². The Bertz CT molecular complexity index is 894. The molecular weight excluding hydrogens is 387 g/mol. The predicted molar refractivity (Wildman–Crippen MR) is 107 cm³/mol. The minimum Gasteiger partial charge on any atom is -0.335 e. The number of nitriles is 1. The Hall–Kier alpha value is -2.95. The molecular formula is C22H27FN4O3. The molecule has 30 heavy (non-hydrogen) atoms. The van der Waals surface area contributed by atoms with Gasteiger partial charge in [0.25, 0.3) is 5.91 Å². The van der Waals surface area contributed by atoms with Crippen molar-refractivity contribution in [1.29, 1.82) is 5.26 Å². The first-order valence-corrected chi connectivity index (χ1v) is 10.1. The van der Waals surface area contributed by atoms with Crippen molar-refractivity contribution in [3.05, 3.63) is 35.6 Å². The summed E-state index contributed by atoms with van der Waals surface area (Å²) >= 11 is 0. The average molecular weight is 414 g/mol. The van der Waals surface area contributed by atoms with Gasteiger partial charge in [0.2, 0.25) is 5.91 Å². The molecule has 1 atom stereocenters. The molecule has 1 spiro atoms. The number of imide groups is 1. The molecule has 2 fully saturated rings. The maximum absolute atomic E-state index is 13.9. The van der Waals surface area contributed by atoms with E-state index < -0.39 is 41.8 Å². The second-order valence-electron chi connectivity index (χ2n) is 9.19. The van der Waals surface area contributed by atoms with Crippen LogP contribution in [0.5, 0.6) is 0 Å². The zero-order valence-corrected chi connectivity index (χ0v) is 17.5. The van der Waals surface area contributed by atoms with Gasteiger partial charge >= 0.3 is 6.03 Å². The third-order valence-corrected chi connectivity index (χ3v) is 6.26. The summed E-state index contributed by atoms with van der Waals surface area (Å²) in [4.78, 5) is 38.8. The van der Waals surface area contributed by atoms with Crippen LogP contribution in [-0.4, -0.2) is 34.8 Å². The van der Waals surface area contributed by atoms with Gasteiger partial charge in [-0.1, -0.05) is 39.0 Å². The third-order valence-electron chi connectivity index (χ3n) is 6.26. The van der Waals surface area contributed by atoms with Crippen molar-refractivity contribution in [2.24, 2.45) is 11.3 Å². The molecule has 3 rings (SSSR count). The summed E-state index contributed by atoms with van der Waals surface area (Å²) < 4.78 is 13.9. The summed E-state index contributed by atoms with van der Waals surface area (Å²) in [5.41, 5.74) is -0.798. The van der Waals surface area contributed by atoms with Crippen molar-refractivity contribution in [3.8, 4) is 6.07 Å². The average Bonchev–Trinajstić information content (AvgIpc) is 2.90. The van der Waals surface area contributed by atoms with Crippen molar-refractivity contribution < 1.29 is 18.8 Å². The number of benzene rings is 1. The molecule has 4 amide bonds. The van der Waals surface area contributed by atoms with Gasteiger partial charge in [0.05, 0.1) is 6.07 Å². The molecule has 1 aliphatic carbocycles. The van der Waals surface area contributed by atoms with E-state index in [-0.39, 0.29) is 11.0 Å². The molecule has 1 aromatic rings. The molecule has 1 saturated carbocycles. The molecule has 7 nitrogen and oxygen atoms in total. The summed E-state index contributed by atoms with van der Waals surface area (Å²) in [5, 5.41) is 14.5. The molecule has 0 radical (unpaired) electrons. The van der Waals surface area contributed by atoms with E-state index in [1.807, 2.05) is 6.07 Å². The standard InChI is InChI=1S/C22H27FN4O3/c1-21(2,3)14-8-10-22(11-9-14)19(29)27(20(30)26-22)13-18(28)25-17(12-24)15-6-4-5-7-16(15)23/h4-7,14,17H,8-11,13H2,1-3H3,(H,25,28)(H,26,30). The van der Waals surface area contributed by atoms with Gasteiger partial charge in [0.15, 0.2) is 0 Å². The van der Waals surface area contributed by atoms with Gasteiger partial charge in [-0.05, 0) is 43.1 Å². The Morgan fingerprint density at radius 2 is 1.97 bits per heavy atom. The molecule has 2 aliphatic rings. The number of nitrogens with one attached hydrogen (secondary N) is 2. The van der Waals surface area contributed by atoms with E-state index in [2.05, 4.69) is 31.4 Å². The molecule has 1 heterocycles. The first kappa shape index (κ1) is 21.8. The van der Waals surface area contributed by atoms with Crippen LogP contribution in [0.15, 0.2) is 24.3 Å². The van der Waals surface area contributed by atoms with Gasteiger partial charge in [-0.15, -0.1) is 0 Å². The number of urea groups is 1. The van der Waals surface area contributed by atoms with Gasteiger partial charge < -0.3 is 10.6 Å². The largest absolute Gasteiger partial charge is 0.335 e. The van der Waals surface area contributed by atoms with Crippen LogP contribution in [0.4, 0.5) is 9.18 Å². The number of nitrogens with zero attached hydrogens (tertiary/aromatic N) is 2. The lowest BCUT2D eigenvalue weighted by Crippen LogP contribution is -2.51. The topological polar surface area (TPSA) is 102 Å². The third kappa shape index (κ3) is 4.16.